The van der Waals surface area contributed by atoms with Crippen LogP contribution in [0, 0.1) is 50.2 Å². The minimum Gasteiger partial charge on any atom is -0.479 e. The number of aliphatic hydroxyl groups excluding tert-OH is 19. The maximum atomic E-state index is 16.1. The number of ether oxygens (including phenoxy) is 14. The first-order valence-electron chi connectivity index (χ1n) is 37.5. The molecule has 0 aromatic rings. The molecule has 0 aromatic carbocycles. The Labute approximate surface area is 621 Å². The molecule has 7 aliphatic heterocycles. The molecule has 20 N–H and O–H groups in total. The molecular formula is C71H112O37. The van der Waals surface area contributed by atoms with Crippen LogP contribution in [0.15, 0.2) is 11.6 Å². The highest BCUT2D eigenvalue weighted by atomic mass is 16.8. The fourth-order valence-corrected chi connectivity index (χ4v) is 20.5. The van der Waals surface area contributed by atoms with E-state index < -0.39 is 297 Å². The average Bonchev–Trinajstić information content (AvgIpc) is 0.670. The number of carboxylic acids is 1. The van der Waals surface area contributed by atoms with Gasteiger partial charge in [-0.2, -0.15) is 0 Å². The van der Waals surface area contributed by atoms with Crippen molar-refractivity contribution in [3.05, 3.63) is 11.6 Å². The Morgan fingerprint density at radius 2 is 0.981 bits per heavy atom. The summed E-state index contributed by atoms with van der Waals surface area (Å²) in [6.45, 7) is 14.1. The first kappa shape index (κ1) is 84.5. The minimum atomic E-state index is -2.14. The van der Waals surface area contributed by atoms with E-state index in [9.17, 15) is 112 Å². The highest BCUT2D eigenvalue weighted by Gasteiger charge is 2.73. The summed E-state index contributed by atoms with van der Waals surface area (Å²) in [5, 5.41) is 221. The van der Waals surface area contributed by atoms with Gasteiger partial charge in [0.1, 0.15) is 146 Å². The second kappa shape index (κ2) is 31.6. The Bertz CT molecular complexity index is 3170. The van der Waals surface area contributed by atoms with Crippen LogP contribution in [0.25, 0.3) is 0 Å². The summed E-state index contributed by atoms with van der Waals surface area (Å²) >= 11 is 0. The fourth-order valence-electron chi connectivity index (χ4n) is 20.5. The molecule has 7 heterocycles. The number of hydrogen-bond donors (Lipinski definition) is 20. The molecule has 5 aliphatic carbocycles. The van der Waals surface area contributed by atoms with Crippen LogP contribution in [0.4, 0.5) is 0 Å². The van der Waals surface area contributed by atoms with Gasteiger partial charge in [-0.15, -0.1) is 0 Å². The summed E-state index contributed by atoms with van der Waals surface area (Å²) in [6, 6.07) is 0. The van der Waals surface area contributed by atoms with Crippen molar-refractivity contribution in [3.63, 3.8) is 0 Å². The predicted octanol–water partition coefficient (Wildman–Crippen LogP) is -6.60. The molecule has 37 nitrogen and oxygen atoms in total. The van der Waals surface area contributed by atoms with Gasteiger partial charge < -0.3 is 173 Å². The number of aliphatic hydroxyl groups is 19. The number of esters is 1. The van der Waals surface area contributed by atoms with Gasteiger partial charge in [0.05, 0.1) is 55.8 Å². The average molecular weight is 1560 g/mol. The van der Waals surface area contributed by atoms with E-state index >= 15 is 4.79 Å². The molecule has 0 spiro atoms. The molecule has 11 fully saturated rings. The first-order chi connectivity index (χ1) is 50.6. The predicted molar refractivity (Wildman–Crippen MR) is 353 cm³/mol. The number of fused-ring (bicyclic) bond motifs is 7. The zero-order chi connectivity index (χ0) is 79.0. The van der Waals surface area contributed by atoms with Gasteiger partial charge in [-0.25, -0.2) is 4.79 Å². The Morgan fingerprint density at radius 1 is 0.481 bits per heavy atom. The standard InChI is InChI=1S/C71H112O37/c1-24-36(77)39(80)45(86)59(96-24)103-52-26(3)98-63(56(49(52)90)107-60-48(89)44(85)51(25(2)97-60)102-58-50(91)53(29(75)22-95-58)104-61-46(87)40(81)37(78)30(20-72)99-61)108-65(94)71-17-16-66(4,5)18-28(71)27-10-11-33-67(6)14-13-35(68(7,23-74)32(67)12-15-69(33,8)70(27,9)19-34(71)76)101-64-55(43(84)42(83)54(105-64)57(92)93)106-62-47(88)41(82)38(79)31(21-73)100-62/h10,23-26,28-56,58-64,72-73,75-91H,11-22H2,1-9H3,(H,92,93). The number of carbonyl (C=O) groups excluding carboxylic acids is 2. The van der Waals surface area contributed by atoms with Crippen LogP contribution >= 0.6 is 0 Å². The van der Waals surface area contributed by atoms with Crippen molar-refractivity contribution in [2.45, 2.75) is 341 Å². The van der Waals surface area contributed by atoms with Gasteiger partial charge in [0.2, 0.25) is 6.29 Å². The second-order valence-corrected chi connectivity index (χ2v) is 34.0. The van der Waals surface area contributed by atoms with Crippen LogP contribution in [0.1, 0.15) is 120 Å². The zero-order valence-electron chi connectivity index (χ0n) is 61.5. The van der Waals surface area contributed by atoms with Crippen LogP contribution in [0.2, 0.25) is 0 Å². The van der Waals surface area contributed by atoms with Gasteiger partial charge in [-0.3, -0.25) is 4.79 Å². The van der Waals surface area contributed by atoms with E-state index in [0.29, 0.717) is 38.5 Å². The van der Waals surface area contributed by atoms with E-state index in [-0.39, 0.29) is 25.2 Å². The number of carboxylic acid groups (broad SMARTS) is 1. The highest BCUT2D eigenvalue weighted by Crippen LogP contribution is 2.76. The molecule has 12 aliphatic rings. The van der Waals surface area contributed by atoms with Crippen LogP contribution in [-0.2, 0) is 80.7 Å². The van der Waals surface area contributed by atoms with Crippen LogP contribution in [0.3, 0.4) is 0 Å². The number of aldehydes is 1. The molecule has 37 heteroatoms. The Balaban J connectivity index is 0.797. The SMILES string of the molecule is CC1OC(OC2C(C)OC(OC(=O)C34CCC(C)(C)CC3C3=CCC5C6(C)CCC(OC7OC(C(=O)O)C(O)C(O)C7OC7OC(CO)C(O)C(O)C7O)C(C)(C=O)C6CCC5(C)C3(C)CC4O)C(OC3OC(C)C(OC4OCC(O)C(OC5OC(CO)C(O)C(O)C5O)C4O)C(O)C3O)C2O)C(O)C(O)C1O. The van der Waals surface area contributed by atoms with Gasteiger partial charge in [0.25, 0.3) is 0 Å². The van der Waals surface area contributed by atoms with Crippen molar-refractivity contribution in [2.24, 2.45) is 50.2 Å². The van der Waals surface area contributed by atoms with Gasteiger partial charge >= 0.3 is 11.9 Å². The van der Waals surface area contributed by atoms with Crippen molar-refractivity contribution in [1.82, 2.24) is 0 Å². The molecule has 108 heavy (non-hydrogen) atoms. The molecule has 12 rings (SSSR count). The normalized spacial score (nSPS) is 55.3. The molecule has 0 bridgehead atoms. The fraction of sp³-hybridized carbons (Fsp3) is 0.930. The van der Waals surface area contributed by atoms with Gasteiger partial charge in [-0.05, 0) is 118 Å². The third-order valence-electron chi connectivity index (χ3n) is 27.2. The molecule has 0 aromatic heterocycles. The Morgan fingerprint density at radius 3 is 1.56 bits per heavy atom. The number of carbonyl (C=O) groups is 3. The Kier molecular flexibility index (Phi) is 24.7. The molecule has 44 atom stereocenters. The van der Waals surface area contributed by atoms with Crippen molar-refractivity contribution in [1.29, 1.82) is 0 Å². The van der Waals surface area contributed by atoms with E-state index in [1.807, 2.05) is 0 Å². The topological polar surface area (TPSA) is 585 Å². The quantitative estimate of drug-likeness (QED) is 0.0263. The zero-order valence-corrected chi connectivity index (χ0v) is 61.5. The summed E-state index contributed by atoms with van der Waals surface area (Å²) in [4.78, 5) is 42.6. The molecule has 44 unspecified atom stereocenters. The van der Waals surface area contributed by atoms with Gasteiger partial charge in [0, 0.05) is 0 Å². The third kappa shape index (κ3) is 14.3. The summed E-state index contributed by atoms with van der Waals surface area (Å²) < 4.78 is 84.0. The third-order valence-corrected chi connectivity index (χ3v) is 27.2. The maximum Gasteiger partial charge on any atom is 0.335 e. The van der Waals surface area contributed by atoms with Crippen LogP contribution < -0.4 is 0 Å². The lowest BCUT2D eigenvalue weighted by Crippen LogP contribution is -2.69. The summed E-state index contributed by atoms with van der Waals surface area (Å²) in [5.41, 5.74) is -4.85. The van der Waals surface area contributed by atoms with Crippen molar-refractivity contribution < 1.29 is 183 Å². The summed E-state index contributed by atoms with van der Waals surface area (Å²) in [5.74, 6) is -4.03. The molecular weight excluding hydrogens is 1440 g/mol. The first-order valence-corrected chi connectivity index (χ1v) is 37.5. The van der Waals surface area contributed by atoms with E-state index in [1.165, 1.54) is 20.8 Å². The second-order valence-electron chi connectivity index (χ2n) is 34.0. The molecule has 0 amide bonds. The summed E-state index contributed by atoms with van der Waals surface area (Å²) in [7, 11) is 0. The maximum absolute atomic E-state index is 16.1. The highest BCUT2D eigenvalue weighted by molar-refractivity contribution is 5.80. The lowest BCUT2D eigenvalue weighted by molar-refractivity contribution is -0.389. The van der Waals surface area contributed by atoms with Crippen LogP contribution in [0.5, 0.6) is 0 Å². The molecule has 4 saturated carbocycles. The monoisotopic (exact) mass is 1560 g/mol. The minimum absolute atomic E-state index is 0.0166. The van der Waals surface area contributed by atoms with E-state index in [2.05, 4.69) is 40.7 Å². The van der Waals surface area contributed by atoms with Crippen molar-refractivity contribution in [3.8, 4) is 0 Å². The van der Waals surface area contributed by atoms with Crippen molar-refractivity contribution in [2.75, 3.05) is 19.8 Å². The van der Waals surface area contributed by atoms with Crippen LogP contribution in [-0.4, -0.2) is 361 Å². The van der Waals surface area contributed by atoms with E-state index in [4.69, 9.17) is 66.3 Å². The molecule has 618 valence electrons. The summed E-state index contributed by atoms with van der Waals surface area (Å²) in [6.07, 6.45) is -57.9. The Hall–Kier alpha value is -2.93. The van der Waals surface area contributed by atoms with Crippen molar-refractivity contribution >= 4 is 18.2 Å². The smallest absolute Gasteiger partial charge is 0.335 e. The van der Waals surface area contributed by atoms with E-state index in [0.717, 1.165) is 11.9 Å². The molecule has 7 saturated heterocycles. The number of rotatable bonds is 18. The van der Waals surface area contributed by atoms with E-state index in [1.54, 1.807) is 6.92 Å². The van der Waals surface area contributed by atoms with Gasteiger partial charge in [0.15, 0.2) is 49.9 Å². The number of allylic oxidation sites excluding steroid dienone is 2. The lowest BCUT2D eigenvalue weighted by Gasteiger charge is -2.71. The largest absolute Gasteiger partial charge is 0.479 e. The number of aliphatic carboxylic acids is 1. The number of hydrogen-bond acceptors (Lipinski definition) is 36. The van der Waals surface area contributed by atoms with Gasteiger partial charge in [-0.1, -0.05) is 53.2 Å². The lowest BCUT2D eigenvalue weighted by atomic mass is 9.33. The molecule has 0 radical (unpaired) electrons.